The summed E-state index contributed by atoms with van der Waals surface area (Å²) in [4.78, 5) is 3.83. The summed E-state index contributed by atoms with van der Waals surface area (Å²) in [5.41, 5.74) is 0. The number of rotatable bonds is 1. The zero-order chi connectivity index (χ0) is 7.98. The second-order valence-electron chi connectivity index (χ2n) is 1.57. The molecular weight excluding hydrogens is 148 g/mol. The summed E-state index contributed by atoms with van der Waals surface area (Å²) >= 11 is 1.29. The molecule has 0 unspecified atom stereocenters. The zero-order valence-electron chi connectivity index (χ0n) is 6.47. The van der Waals surface area contributed by atoms with Crippen LogP contribution in [0.15, 0.2) is 4.99 Å². The van der Waals surface area contributed by atoms with Crippen LogP contribution in [-0.4, -0.2) is 23.9 Å². The van der Waals surface area contributed by atoms with Gasteiger partial charge in [-0.3, -0.25) is 5.41 Å². The molecule has 4 heteroatoms. The fraction of sp³-hybridized carbons (Fsp3) is 0.667. The monoisotopic (exact) mass is 160 g/mol. The first kappa shape index (κ1) is 9.49. The summed E-state index contributed by atoms with van der Waals surface area (Å²) in [6.07, 6.45) is 1.81. The standard InChI is InChI=1S/C6H12N2OS/c1-4-9-5(2)8-6(7)10-3/h7H,4H2,1-3H3. The average Bonchev–Trinajstić information content (AvgIpc) is 1.88. The Labute approximate surface area is 65.4 Å². The summed E-state index contributed by atoms with van der Waals surface area (Å²) in [5.74, 6) is 0.557. The van der Waals surface area contributed by atoms with Crippen LogP contribution in [0, 0.1) is 5.41 Å². The predicted molar refractivity (Wildman–Crippen MR) is 46.0 cm³/mol. The van der Waals surface area contributed by atoms with Gasteiger partial charge < -0.3 is 4.74 Å². The number of thioether (sulfide) groups is 1. The van der Waals surface area contributed by atoms with Crippen molar-refractivity contribution in [2.75, 3.05) is 12.9 Å². The highest BCUT2D eigenvalue weighted by atomic mass is 32.2. The van der Waals surface area contributed by atoms with Crippen molar-refractivity contribution < 1.29 is 4.74 Å². The van der Waals surface area contributed by atoms with E-state index >= 15 is 0 Å². The molecule has 3 nitrogen and oxygen atoms in total. The Kier molecular flexibility index (Phi) is 5.02. The summed E-state index contributed by atoms with van der Waals surface area (Å²) in [6, 6.07) is 0. The van der Waals surface area contributed by atoms with Gasteiger partial charge in [-0.05, 0) is 13.2 Å². The van der Waals surface area contributed by atoms with Gasteiger partial charge in [0.2, 0.25) is 0 Å². The molecule has 0 aromatic carbocycles. The number of ether oxygens (including phenoxy) is 1. The SMILES string of the molecule is CCOC(C)=NC(=N)SC. The molecule has 0 aliphatic heterocycles. The minimum absolute atomic E-state index is 0.283. The van der Waals surface area contributed by atoms with Crippen molar-refractivity contribution in [2.24, 2.45) is 4.99 Å². The van der Waals surface area contributed by atoms with E-state index in [0.29, 0.717) is 12.5 Å². The van der Waals surface area contributed by atoms with Gasteiger partial charge in [-0.15, -0.1) is 0 Å². The Morgan fingerprint density at radius 2 is 2.30 bits per heavy atom. The first-order valence-electron chi connectivity index (χ1n) is 3.01. The number of hydrogen-bond acceptors (Lipinski definition) is 3. The van der Waals surface area contributed by atoms with E-state index in [2.05, 4.69) is 4.99 Å². The van der Waals surface area contributed by atoms with Gasteiger partial charge in [0, 0.05) is 6.92 Å². The fourth-order valence-corrected chi connectivity index (χ4v) is 0.650. The third-order valence-electron chi connectivity index (χ3n) is 0.806. The van der Waals surface area contributed by atoms with Crippen molar-refractivity contribution in [3.8, 4) is 0 Å². The highest BCUT2D eigenvalue weighted by molar-refractivity contribution is 8.13. The van der Waals surface area contributed by atoms with E-state index in [0.717, 1.165) is 0 Å². The third kappa shape index (κ3) is 4.38. The lowest BCUT2D eigenvalue weighted by atomic mass is 10.7. The lowest BCUT2D eigenvalue weighted by Gasteiger charge is -1.99. The van der Waals surface area contributed by atoms with Gasteiger partial charge in [0.15, 0.2) is 11.1 Å². The minimum Gasteiger partial charge on any atom is -0.481 e. The molecule has 0 radical (unpaired) electrons. The van der Waals surface area contributed by atoms with Crippen LogP contribution < -0.4 is 0 Å². The van der Waals surface area contributed by atoms with Crippen LogP contribution in [0.3, 0.4) is 0 Å². The van der Waals surface area contributed by atoms with Crippen LogP contribution in [0.25, 0.3) is 0 Å². The first-order chi connectivity index (χ1) is 4.70. The highest BCUT2D eigenvalue weighted by Crippen LogP contribution is 1.96. The second-order valence-corrected chi connectivity index (χ2v) is 2.37. The molecule has 0 amide bonds. The first-order valence-corrected chi connectivity index (χ1v) is 4.23. The second kappa shape index (κ2) is 5.29. The quantitative estimate of drug-likeness (QED) is 0.469. The van der Waals surface area contributed by atoms with E-state index in [-0.39, 0.29) is 5.17 Å². The Hall–Kier alpha value is -0.510. The van der Waals surface area contributed by atoms with Crippen molar-refractivity contribution in [3.05, 3.63) is 0 Å². The molecule has 1 N–H and O–H groups in total. The molecule has 0 saturated heterocycles. The van der Waals surface area contributed by atoms with Gasteiger partial charge in [-0.1, -0.05) is 11.8 Å². The third-order valence-corrected chi connectivity index (χ3v) is 1.28. The van der Waals surface area contributed by atoms with E-state index in [1.165, 1.54) is 11.8 Å². The maximum Gasteiger partial charge on any atom is 0.187 e. The van der Waals surface area contributed by atoms with Gasteiger partial charge in [0.05, 0.1) is 6.61 Å². The molecule has 58 valence electrons. The maximum absolute atomic E-state index is 7.14. The molecule has 0 atom stereocenters. The van der Waals surface area contributed by atoms with Crippen molar-refractivity contribution in [1.82, 2.24) is 0 Å². The van der Waals surface area contributed by atoms with E-state index in [9.17, 15) is 0 Å². The smallest absolute Gasteiger partial charge is 0.187 e. The van der Waals surface area contributed by atoms with Crippen LogP contribution in [-0.2, 0) is 4.74 Å². The molecule has 0 heterocycles. The topological polar surface area (TPSA) is 45.4 Å². The fourth-order valence-electron chi connectivity index (χ4n) is 0.430. The predicted octanol–water partition coefficient (Wildman–Crippen LogP) is 1.74. The number of hydrogen-bond donors (Lipinski definition) is 1. The van der Waals surface area contributed by atoms with Crippen LogP contribution in [0.2, 0.25) is 0 Å². The van der Waals surface area contributed by atoms with Crippen molar-refractivity contribution in [1.29, 1.82) is 5.41 Å². The van der Waals surface area contributed by atoms with Crippen molar-refractivity contribution in [2.45, 2.75) is 13.8 Å². The molecule has 10 heavy (non-hydrogen) atoms. The largest absolute Gasteiger partial charge is 0.481 e. The number of aliphatic imine (C=N–C) groups is 1. The molecule has 0 rings (SSSR count). The lowest BCUT2D eigenvalue weighted by Crippen LogP contribution is -2.00. The molecular formula is C6H12N2OS. The van der Waals surface area contributed by atoms with Crippen molar-refractivity contribution >= 4 is 22.8 Å². The number of nitrogens with zero attached hydrogens (tertiary/aromatic N) is 1. The Morgan fingerprint density at radius 3 is 2.70 bits per heavy atom. The van der Waals surface area contributed by atoms with E-state index in [4.69, 9.17) is 10.1 Å². The molecule has 0 saturated carbocycles. The van der Waals surface area contributed by atoms with Gasteiger partial charge in [0.25, 0.3) is 0 Å². The van der Waals surface area contributed by atoms with E-state index < -0.39 is 0 Å². The lowest BCUT2D eigenvalue weighted by molar-refractivity contribution is 0.325. The van der Waals surface area contributed by atoms with Crippen LogP contribution in [0.1, 0.15) is 13.8 Å². The molecule has 0 spiro atoms. The molecule has 0 aliphatic carbocycles. The number of amidine groups is 1. The van der Waals surface area contributed by atoms with E-state index in [1.54, 1.807) is 6.92 Å². The Balaban J connectivity index is 3.77. The molecule has 0 bridgehead atoms. The van der Waals surface area contributed by atoms with Crippen LogP contribution >= 0.6 is 11.8 Å². The minimum atomic E-state index is 0.283. The summed E-state index contributed by atoms with van der Waals surface area (Å²) in [7, 11) is 0. The molecule has 0 aromatic heterocycles. The summed E-state index contributed by atoms with van der Waals surface area (Å²) < 4.78 is 5.01. The Morgan fingerprint density at radius 1 is 1.70 bits per heavy atom. The van der Waals surface area contributed by atoms with E-state index in [1.807, 2.05) is 13.2 Å². The van der Waals surface area contributed by atoms with Crippen LogP contribution in [0.4, 0.5) is 0 Å². The van der Waals surface area contributed by atoms with Gasteiger partial charge in [-0.2, -0.15) is 4.99 Å². The summed E-state index contributed by atoms with van der Waals surface area (Å²) in [5, 5.41) is 7.42. The van der Waals surface area contributed by atoms with Gasteiger partial charge in [0.1, 0.15) is 0 Å². The van der Waals surface area contributed by atoms with Gasteiger partial charge >= 0.3 is 0 Å². The van der Waals surface area contributed by atoms with Gasteiger partial charge in [-0.25, -0.2) is 0 Å². The highest BCUT2D eigenvalue weighted by Gasteiger charge is 1.91. The normalized spacial score (nSPS) is 11.3. The van der Waals surface area contributed by atoms with Crippen molar-refractivity contribution in [3.63, 3.8) is 0 Å². The maximum atomic E-state index is 7.14. The van der Waals surface area contributed by atoms with Crippen LogP contribution in [0.5, 0.6) is 0 Å². The zero-order valence-corrected chi connectivity index (χ0v) is 7.29. The average molecular weight is 160 g/mol. The number of nitrogens with one attached hydrogen (secondary N) is 1. The molecule has 0 fully saturated rings. The summed E-state index contributed by atoms with van der Waals surface area (Å²) in [6.45, 7) is 4.24. The molecule has 0 aliphatic rings. The molecule has 0 aromatic rings. The Bertz CT molecular complexity index is 145.